The fraction of sp³-hybridized carbons (Fsp3) is 0.700. The van der Waals surface area contributed by atoms with Crippen LogP contribution in [0, 0.1) is 0 Å². The molecule has 1 N–H and O–H groups in total. The highest BCUT2D eigenvalue weighted by Crippen LogP contribution is 2.01. The molecule has 15 heavy (non-hydrogen) atoms. The predicted molar refractivity (Wildman–Crippen MR) is 57.7 cm³/mol. The Morgan fingerprint density at radius 3 is 3.13 bits per heavy atom. The van der Waals surface area contributed by atoms with Crippen LogP contribution >= 0.6 is 0 Å². The van der Waals surface area contributed by atoms with E-state index in [-0.39, 0.29) is 0 Å². The molecule has 0 radical (unpaired) electrons. The number of hydrogen-bond acceptors (Lipinski definition) is 5. The molecule has 1 unspecified atom stereocenters. The molecule has 0 fully saturated rings. The molecule has 0 aromatic carbocycles. The highest BCUT2D eigenvalue weighted by molar-refractivity contribution is 5.58. The molecule has 0 aromatic heterocycles. The van der Waals surface area contributed by atoms with E-state index in [0.717, 1.165) is 13.0 Å². The predicted octanol–water partition coefficient (Wildman–Crippen LogP) is 0.215. The summed E-state index contributed by atoms with van der Waals surface area (Å²) in [5, 5.41) is 15.5. The molecule has 5 heteroatoms. The van der Waals surface area contributed by atoms with Gasteiger partial charge in [0.15, 0.2) is 0 Å². The van der Waals surface area contributed by atoms with Gasteiger partial charge in [-0.1, -0.05) is 6.58 Å². The average Bonchev–Trinajstić information content (AvgIpc) is 2.70. The van der Waals surface area contributed by atoms with Crippen LogP contribution in [0.1, 0.15) is 6.42 Å². The SMILES string of the molecule is C=COCCOCC(O)CN1CCC=N1. The fourth-order valence-electron chi connectivity index (χ4n) is 1.28. The van der Waals surface area contributed by atoms with Crippen LogP contribution in [0.3, 0.4) is 0 Å². The zero-order chi connectivity index (χ0) is 10.9. The third kappa shape index (κ3) is 5.39. The van der Waals surface area contributed by atoms with Gasteiger partial charge in [-0.25, -0.2) is 0 Å². The average molecular weight is 214 g/mol. The van der Waals surface area contributed by atoms with E-state index in [9.17, 15) is 5.11 Å². The van der Waals surface area contributed by atoms with Crippen LogP contribution in [0.2, 0.25) is 0 Å². The van der Waals surface area contributed by atoms with Crippen molar-refractivity contribution >= 4 is 6.21 Å². The van der Waals surface area contributed by atoms with E-state index >= 15 is 0 Å². The molecular formula is C10H18N2O3. The van der Waals surface area contributed by atoms with Gasteiger partial charge < -0.3 is 14.6 Å². The number of aliphatic hydroxyl groups excluding tert-OH is 1. The summed E-state index contributed by atoms with van der Waals surface area (Å²) < 4.78 is 10.1. The van der Waals surface area contributed by atoms with E-state index < -0.39 is 6.10 Å². The topological polar surface area (TPSA) is 54.3 Å². The lowest BCUT2D eigenvalue weighted by molar-refractivity contribution is 0.00537. The molecule has 1 heterocycles. The van der Waals surface area contributed by atoms with Crippen molar-refractivity contribution in [2.45, 2.75) is 12.5 Å². The molecule has 0 amide bonds. The van der Waals surface area contributed by atoms with Crippen LogP contribution in [0.5, 0.6) is 0 Å². The summed E-state index contributed by atoms with van der Waals surface area (Å²) in [5.41, 5.74) is 0. The standard InChI is InChI=1S/C10H18N2O3/c1-2-14-6-7-15-9-10(13)8-12-5-3-4-11-12/h2,4,10,13H,1,3,5-9H2. The first-order chi connectivity index (χ1) is 7.33. The molecule has 1 aliphatic heterocycles. The van der Waals surface area contributed by atoms with Gasteiger partial charge in [-0.2, -0.15) is 5.10 Å². The maximum absolute atomic E-state index is 9.56. The second kappa shape index (κ2) is 7.25. The minimum Gasteiger partial charge on any atom is -0.499 e. The summed E-state index contributed by atoms with van der Waals surface area (Å²) >= 11 is 0. The Hall–Kier alpha value is -1.07. The van der Waals surface area contributed by atoms with Crippen molar-refractivity contribution in [2.75, 3.05) is 32.9 Å². The zero-order valence-corrected chi connectivity index (χ0v) is 8.84. The van der Waals surface area contributed by atoms with E-state index in [0.29, 0.717) is 26.4 Å². The highest BCUT2D eigenvalue weighted by atomic mass is 16.5. The lowest BCUT2D eigenvalue weighted by Crippen LogP contribution is -2.30. The van der Waals surface area contributed by atoms with Crippen LogP contribution in [0.25, 0.3) is 0 Å². The minimum absolute atomic E-state index is 0.312. The first kappa shape index (κ1) is 12.0. The maximum atomic E-state index is 9.56. The van der Waals surface area contributed by atoms with Crippen molar-refractivity contribution in [1.29, 1.82) is 0 Å². The van der Waals surface area contributed by atoms with Crippen molar-refractivity contribution in [3.05, 3.63) is 12.8 Å². The van der Waals surface area contributed by atoms with Crippen molar-refractivity contribution in [1.82, 2.24) is 5.01 Å². The third-order valence-corrected chi connectivity index (χ3v) is 1.96. The number of hydrogen-bond donors (Lipinski definition) is 1. The Morgan fingerprint density at radius 1 is 1.60 bits per heavy atom. The van der Waals surface area contributed by atoms with Crippen LogP contribution in [-0.4, -0.2) is 55.3 Å². The second-order valence-electron chi connectivity index (χ2n) is 3.27. The number of aliphatic hydroxyl groups is 1. The van der Waals surface area contributed by atoms with Gasteiger partial charge in [0.25, 0.3) is 0 Å². The summed E-state index contributed by atoms with van der Waals surface area (Å²) in [4.78, 5) is 0. The van der Waals surface area contributed by atoms with Crippen LogP contribution in [0.4, 0.5) is 0 Å². The maximum Gasteiger partial charge on any atom is 0.111 e. The van der Waals surface area contributed by atoms with Crippen molar-refractivity contribution in [2.24, 2.45) is 5.10 Å². The minimum atomic E-state index is -0.496. The lowest BCUT2D eigenvalue weighted by Gasteiger charge is -2.18. The van der Waals surface area contributed by atoms with Crippen molar-refractivity contribution in [3.63, 3.8) is 0 Å². The number of β-amino-alcohol motifs (C(OH)–C–C–N with tert-alkyl or cyclic N) is 1. The lowest BCUT2D eigenvalue weighted by atomic mass is 10.3. The third-order valence-electron chi connectivity index (χ3n) is 1.96. The molecule has 0 spiro atoms. The molecule has 0 saturated heterocycles. The number of nitrogens with zero attached hydrogens (tertiary/aromatic N) is 2. The van der Waals surface area contributed by atoms with Crippen molar-refractivity contribution < 1.29 is 14.6 Å². The number of rotatable bonds is 8. The van der Waals surface area contributed by atoms with Gasteiger partial charge in [-0.15, -0.1) is 0 Å². The van der Waals surface area contributed by atoms with E-state index in [4.69, 9.17) is 9.47 Å². The first-order valence-corrected chi connectivity index (χ1v) is 5.08. The fourth-order valence-corrected chi connectivity index (χ4v) is 1.28. The van der Waals surface area contributed by atoms with E-state index in [1.807, 2.05) is 11.2 Å². The Labute approximate surface area is 90.0 Å². The highest BCUT2D eigenvalue weighted by Gasteiger charge is 2.11. The van der Waals surface area contributed by atoms with Gasteiger partial charge in [0, 0.05) is 19.2 Å². The monoisotopic (exact) mass is 214 g/mol. The summed E-state index contributed by atoms with van der Waals surface area (Å²) in [6, 6.07) is 0. The molecule has 0 aliphatic carbocycles. The summed E-state index contributed by atoms with van der Waals surface area (Å²) in [5.74, 6) is 0. The molecule has 0 saturated carbocycles. The van der Waals surface area contributed by atoms with Crippen LogP contribution in [-0.2, 0) is 9.47 Å². The second-order valence-corrected chi connectivity index (χ2v) is 3.27. The molecule has 0 bridgehead atoms. The van der Waals surface area contributed by atoms with Gasteiger partial charge in [0.05, 0.1) is 32.1 Å². The van der Waals surface area contributed by atoms with Gasteiger partial charge in [0.1, 0.15) is 6.61 Å². The molecular weight excluding hydrogens is 196 g/mol. The largest absolute Gasteiger partial charge is 0.499 e. The Balaban J connectivity index is 1.95. The molecule has 1 rings (SSSR count). The molecule has 86 valence electrons. The normalized spacial score (nSPS) is 16.7. The summed E-state index contributed by atoms with van der Waals surface area (Å²) in [6.07, 6.45) is 3.69. The zero-order valence-electron chi connectivity index (χ0n) is 8.84. The van der Waals surface area contributed by atoms with Crippen LogP contribution < -0.4 is 0 Å². The Morgan fingerprint density at radius 2 is 2.47 bits per heavy atom. The van der Waals surface area contributed by atoms with Gasteiger partial charge >= 0.3 is 0 Å². The van der Waals surface area contributed by atoms with Gasteiger partial charge in [-0.3, -0.25) is 5.01 Å². The first-order valence-electron chi connectivity index (χ1n) is 5.08. The molecule has 1 aliphatic rings. The smallest absolute Gasteiger partial charge is 0.111 e. The Bertz CT molecular complexity index is 209. The van der Waals surface area contributed by atoms with E-state index in [2.05, 4.69) is 11.7 Å². The Kier molecular flexibility index (Phi) is 5.80. The van der Waals surface area contributed by atoms with E-state index in [1.165, 1.54) is 6.26 Å². The summed E-state index contributed by atoms with van der Waals surface area (Å²) in [7, 11) is 0. The van der Waals surface area contributed by atoms with Crippen LogP contribution in [0.15, 0.2) is 17.9 Å². The van der Waals surface area contributed by atoms with E-state index in [1.54, 1.807) is 0 Å². The molecule has 0 aromatic rings. The van der Waals surface area contributed by atoms with Gasteiger partial charge in [0.2, 0.25) is 0 Å². The molecule has 1 atom stereocenters. The molecule has 5 nitrogen and oxygen atoms in total. The van der Waals surface area contributed by atoms with Crippen molar-refractivity contribution in [3.8, 4) is 0 Å². The summed E-state index contributed by atoms with van der Waals surface area (Å²) in [6.45, 7) is 6.07. The number of ether oxygens (including phenoxy) is 2. The van der Waals surface area contributed by atoms with Gasteiger partial charge in [-0.05, 0) is 0 Å². The number of hydrazone groups is 1. The quantitative estimate of drug-likeness (QED) is 0.464.